The third-order valence-electron chi connectivity index (χ3n) is 3.84. The average Bonchev–Trinajstić information content (AvgIpc) is 2.82. The second-order valence-electron chi connectivity index (χ2n) is 5.85. The SMILES string of the molecule is CC(C)C(C)NC(=O)COC(=O)c1cn(C)c2ccccc12. The largest absolute Gasteiger partial charge is 0.452 e. The van der Waals surface area contributed by atoms with E-state index in [0.29, 0.717) is 11.5 Å². The Morgan fingerprint density at radius 3 is 2.59 bits per heavy atom. The van der Waals surface area contributed by atoms with E-state index in [1.165, 1.54) is 0 Å². The van der Waals surface area contributed by atoms with Crippen molar-refractivity contribution in [1.29, 1.82) is 0 Å². The number of ether oxygens (including phenoxy) is 1. The van der Waals surface area contributed by atoms with Gasteiger partial charge in [0.1, 0.15) is 0 Å². The quantitative estimate of drug-likeness (QED) is 0.863. The minimum Gasteiger partial charge on any atom is -0.452 e. The van der Waals surface area contributed by atoms with Gasteiger partial charge in [-0.15, -0.1) is 0 Å². The van der Waals surface area contributed by atoms with Crippen LogP contribution in [0.3, 0.4) is 0 Å². The molecule has 0 aliphatic carbocycles. The molecule has 0 aliphatic rings. The number of hydrogen-bond donors (Lipinski definition) is 1. The van der Waals surface area contributed by atoms with Gasteiger partial charge in [-0.1, -0.05) is 32.0 Å². The molecule has 0 radical (unpaired) electrons. The Morgan fingerprint density at radius 2 is 1.91 bits per heavy atom. The van der Waals surface area contributed by atoms with Crippen LogP contribution in [-0.2, 0) is 16.6 Å². The zero-order chi connectivity index (χ0) is 16.3. The topological polar surface area (TPSA) is 60.3 Å². The molecule has 0 spiro atoms. The van der Waals surface area contributed by atoms with Crippen molar-refractivity contribution in [3.8, 4) is 0 Å². The molecule has 0 bridgehead atoms. The van der Waals surface area contributed by atoms with Gasteiger partial charge in [0.25, 0.3) is 5.91 Å². The van der Waals surface area contributed by atoms with Crippen molar-refractivity contribution in [3.05, 3.63) is 36.0 Å². The second kappa shape index (κ2) is 6.64. The summed E-state index contributed by atoms with van der Waals surface area (Å²) in [6.07, 6.45) is 1.72. The van der Waals surface area contributed by atoms with Crippen LogP contribution in [0, 0.1) is 5.92 Å². The number of benzene rings is 1. The number of nitrogens with one attached hydrogen (secondary N) is 1. The zero-order valence-corrected chi connectivity index (χ0v) is 13.4. The number of carbonyl (C=O) groups is 2. The van der Waals surface area contributed by atoms with Crippen LogP contribution in [0.5, 0.6) is 0 Å². The standard InChI is InChI=1S/C17H22N2O3/c1-11(2)12(3)18-16(20)10-22-17(21)14-9-19(4)15-8-6-5-7-13(14)15/h5-9,11-12H,10H2,1-4H3,(H,18,20). The average molecular weight is 302 g/mol. The fraction of sp³-hybridized carbons (Fsp3) is 0.412. The van der Waals surface area contributed by atoms with Gasteiger partial charge in [-0.3, -0.25) is 4.79 Å². The van der Waals surface area contributed by atoms with Crippen LogP contribution in [0.2, 0.25) is 0 Å². The first-order valence-electron chi connectivity index (χ1n) is 7.40. The van der Waals surface area contributed by atoms with Crippen LogP contribution in [0.15, 0.2) is 30.5 Å². The monoisotopic (exact) mass is 302 g/mol. The van der Waals surface area contributed by atoms with Gasteiger partial charge in [-0.25, -0.2) is 4.79 Å². The predicted molar refractivity (Wildman–Crippen MR) is 85.6 cm³/mol. The Bertz CT molecular complexity index is 688. The predicted octanol–water partition coefficient (Wildman–Crippen LogP) is 2.50. The van der Waals surface area contributed by atoms with Gasteiger partial charge in [0, 0.05) is 30.2 Å². The lowest BCUT2D eigenvalue weighted by Crippen LogP contribution is -2.38. The molecule has 1 aromatic heterocycles. The highest BCUT2D eigenvalue weighted by atomic mass is 16.5. The number of esters is 1. The number of aromatic nitrogens is 1. The highest BCUT2D eigenvalue weighted by Crippen LogP contribution is 2.20. The number of fused-ring (bicyclic) bond motifs is 1. The summed E-state index contributed by atoms with van der Waals surface area (Å²) in [6.45, 7) is 5.70. The van der Waals surface area contributed by atoms with Crippen LogP contribution in [-0.4, -0.2) is 29.1 Å². The molecule has 2 aromatic rings. The molecule has 5 heteroatoms. The zero-order valence-electron chi connectivity index (χ0n) is 13.4. The lowest BCUT2D eigenvalue weighted by molar-refractivity contribution is -0.125. The van der Waals surface area contributed by atoms with E-state index in [9.17, 15) is 9.59 Å². The normalized spacial score (nSPS) is 12.4. The van der Waals surface area contributed by atoms with Crippen LogP contribution in [0.1, 0.15) is 31.1 Å². The molecule has 1 aromatic carbocycles. The van der Waals surface area contributed by atoms with Crippen molar-refractivity contribution in [2.45, 2.75) is 26.8 Å². The molecule has 0 aliphatic heterocycles. The van der Waals surface area contributed by atoms with Gasteiger partial charge >= 0.3 is 5.97 Å². The van der Waals surface area contributed by atoms with Crippen molar-refractivity contribution < 1.29 is 14.3 Å². The van der Waals surface area contributed by atoms with Crippen LogP contribution >= 0.6 is 0 Å². The lowest BCUT2D eigenvalue weighted by atomic mass is 10.1. The third kappa shape index (κ3) is 3.47. The van der Waals surface area contributed by atoms with Gasteiger partial charge in [0.15, 0.2) is 6.61 Å². The molecule has 1 amide bonds. The van der Waals surface area contributed by atoms with Crippen LogP contribution in [0.4, 0.5) is 0 Å². The Morgan fingerprint density at radius 1 is 1.23 bits per heavy atom. The summed E-state index contributed by atoms with van der Waals surface area (Å²) < 4.78 is 7.00. The maximum absolute atomic E-state index is 12.2. The van der Waals surface area contributed by atoms with E-state index >= 15 is 0 Å². The third-order valence-corrected chi connectivity index (χ3v) is 3.84. The number of nitrogens with zero attached hydrogens (tertiary/aromatic N) is 1. The molecule has 1 unspecified atom stereocenters. The molecule has 2 rings (SSSR count). The number of para-hydroxylation sites is 1. The smallest absolute Gasteiger partial charge is 0.340 e. The van der Waals surface area contributed by atoms with E-state index < -0.39 is 5.97 Å². The summed E-state index contributed by atoms with van der Waals surface area (Å²) in [6, 6.07) is 7.63. The highest BCUT2D eigenvalue weighted by molar-refractivity contribution is 6.04. The summed E-state index contributed by atoms with van der Waals surface area (Å²) in [7, 11) is 1.87. The minimum absolute atomic E-state index is 0.0451. The van der Waals surface area contributed by atoms with Crippen molar-refractivity contribution >= 4 is 22.8 Å². The molecule has 1 atom stereocenters. The number of amides is 1. The Kier molecular flexibility index (Phi) is 4.85. The van der Waals surface area contributed by atoms with Crippen LogP contribution < -0.4 is 5.32 Å². The van der Waals surface area contributed by atoms with Crippen LogP contribution in [0.25, 0.3) is 10.9 Å². The molecule has 22 heavy (non-hydrogen) atoms. The number of aryl methyl sites for hydroxylation is 1. The maximum atomic E-state index is 12.2. The fourth-order valence-electron chi connectivity index (χ4n) is 2.18. The van der Waals surface area contributed by atoms with E-state index in [1.807, 2.05) is 56.7 Å². The molecule has 118 valence electrons. The van der Waals surface area contributed by atoms with E-state index in [4.69, 9.17) is 4.74 Å². The Hall–Kier alpha value is -2.30. The first kappa shape index (κ1) is 16.1. The molecule has 0 saturated heterocycles. The lowest BCUT2D eigenvalue weighted by Gasteiger charge is -2.17. The van der Waals surface area contributed by atoms with E-state index in [1.54, 1.807) is 6.20 Å². The molecule has 1 heterocycles. The molecule has 1 N–H and O–H groups in total. The Labute approximate surface area is 130 Å². The van der Waals surface area contributed by atoms with E-state index in [-0.39, 0.29) is 18.6 Å². The Balaban J connectivity index is 2.02. The summed E-state index contributed by atoms with van der Waals surface area (Å²) in [5.41, 5.74) is 1.43. The number of hydrogen-bond acceptors (Lipinski definition) is 3. The maximum Gasteiger partial charge on any atom is 0.340 e. The molecular formula is C17H22N2O3. The van der Waals surface area contributed by atoms with Gasteiger partial charge in [0.2, 0.25) is 0 Å². The number of carbonyl (C=O) groups excluding carboxylic acids is 2. The number of rotatable bonds is 5. The minimum atomic E-state index is -0.482. The summed E-state index contributed by atoms with van der Waals surface area (Å²) >= 11 is 0. The van der Waals surface area contributed by atoms with Gasteiger partial charge in [0.05, 0.1) is 5.56 Å². The molecule has 0 saturated carbocycles. The summed E-state index contributed by atoms with van der Waals surface area (Å²) in [4.78, 5) is 23.9. The van der Waals surface area contributed by atoms with E-state index in [0.717, 1.165) is 10.9 Å². The van der Waals surface area contributed by atoms with Crippen molar-refractivity contribution in [3.63, 3.8) is 0 Å². The van der Waals surface area contributed by atoms with Gasteiger partial charge in [-0.2, -0.15) is 0 Å². The molecular weight excluding hydrogens is 280 g/mol. The van der Waals surface area contributed by atoms with Crippen molar-refractivity contribution in [2.75, 3.05) is 6.61 Å². The van der Waals surface area contributed by atoms with E-state index in [2.05, 4.69) is 5.32 Å². The fourth-order valence-corrected chi connectivity index (χ4v) is 2.18. The first-order chi connectivity index (χ1) is 10.4. The van der Waals surface area contributed by atoms with Crippen molar-refractivity contribution in [2.24, 2.45) is 13.0 Å². The first-order valence-corrected chi connectivity index (χ1v) is 7.40. The van der Waals surface area contributed by atoms with Gasteiger partial charge in [-0.05, 0) is 18.9 Å². The summed E-state index contributed by atoms with van der Waals surface area (Å²) in [5.74, 6) is -0.434. The second-order valence-corrected chi connectivity index (χ2v) is 5.85. The molecule has 0 fully saturated rings. The summed E-state index contributed by atoms with van der Waals surface area (Å²) in [5, 5.41) is 3.63. The molecule has 5 nitrogen and oxygen atoms in total. The van der Waals surface area contributed by atoms with Crippen molar-refractivity contribution in [1.82, 2.24) is 9.88 Å². The highest BCUT2D eigenvalue weighted by Gasteiger charge is 2.17. The van der Waals surface area contributed by atoms with Gasteiger partial charge < -0.3 is 14.6 Å².